The maximum absolute atomic E-state index is 8.36. The maximum Gasteiger partial charge on any atom is 2.00 e. The molecule has 0 aromatic heterocycles. The molecule has 0 aliphatic rings. The molecule has 0 unspecified atom stereocenters. The van der Waals surface area contributed by atoms with Gasteiger partial charge in [-0.2, -0.15) is 0 Å². The predicted octanol–water partition coefficient (Wildman–Crippen LogP) is -3.48. The zero-order valence-electron chi connectivity index (χ0n) is 8.28. The molecule has 5 nitrogen and oxygen atoms in total. The Bertz CT molecular complexity index is 49.3. The molecule has 0 atom stereocenters. The third kappa shape index (κ3) is 185. The molecule has 0 spiro atoms. The van der Waals surface area contributed by atoms with Crippen LogP contribution in [0.3, 0.4) is 0 Å². The van der Waals surface area contributed by atoms with E-state index in [1.165, 1.54) is 0 Å². The van der Waals surface area contributed by atoms with Crippen molar-refractivity contribution in [3.05, 3.63) is 0 Å². The van der Waals surface area contributed by atoms with Gasteiger partial charge in [0.15, 0.2) is 0 Å². The Morgan fingerprint density at radius 2 is 1.11 bits per heavy atom. The molecule has 0 saturated carbocycles. The van der Waals surface area contributed by atoms with Crippen molar-refractivity contribution in [2.24, 2.45) is 0 Å². The molecule has 0 amide bonds. The van der Waals surface area contributed by atoms with Crippen molar-refractivity contribution in [3.63, 3.8) is 0 Å². The predicted molar refractivity (Wildman–Crippen MR) is 31.5 cm³/mol. The van der Waals surface area contributed by atoms with Crippen molar-refractivity contribution >= 4 is 50.7 Å². The first-order chi connectivity index (χ1) is 2.83. The molecule has 5 N–H and O–H groups in total. The van der Waals surface area contributed by atoms with Crippen LogP contribution in [0, 0.1) is 0 Å². The summed E-state index contributed by atoms with van der Waals surface area (Å²) in [5.74, 6) is 0. The normalized spacial score (nSPS) is 2.67. The van der Waals surface area contributed by atoms with Crippen LogP contribution >= 0.6 is 0 Å². The fraction of sp³-hybridized carbons (Fsp3) is 0. The molecule has 0 fully saturated rings. The molecule has 7 heteroatoms. The van der Waals surface area contributed by atoms with E-state index < -0.39 is 0 Å². The van der Waals surface area contributed by atoms with Gasteiger partial charge in [0.1, 0.15) is 0 Å². The van der Waals surface area contributed by atoms with E-state index >= 15 is 0 Å². The minimum absolute atomic E-state index is 0. The molecule has 0 radical (unpaired) electrons. The number of carbonyl (C=O) groups is 2. The van der Waals surface area contributed by atoms with Crippen molar-refractivity contribution in [3.8, 4) is 0 Å². The van der Waals surface area contributed by atoms with Gasteiger partial charge in [0.2, 0.25) is 0 Å². The van der Waals surface area contributed by atoms with E-state index in [4.69, 9.17) is 19.8 Å². The first kappa shape index (κ1) is 30.8. The Balaban J connectivity index is -0.00000000296. The van der Waals surface area contributed by atoms with Crippen LogP contribution in [0.4, 0.5) is 0 Å². The topological polar surface area (TPSA) is 110 Å². The summed E-state index contributed by atoms with van der Waals surface area (Å²) in [6.07, 6.45) is 0. The molecular formula is C2H10CaKNO4. The Hall–Kier alpha value is 1.80. The van der Waals surface area contributed by atoms with E-state index in [2.05, 4.69) is 0 Å². The molecule has 0 bridgehead atoms. The summed E-state index contributed by atoms with van der Waals surface area (Å²) in [4.78, 5) is 16.7. The molecule has 0 aromatic rings. The van der Waals surface area contributed by atoms with Crippen LogP contribution in [0.2, 0.25) is 0 Å². The third-order valence-corrected chi connectivity index (χ3v) is 0. The fourth-order valence-electron chi connectivity index (χ4n) is 0. The van der Waals surface area contributed by atoms with E-state index in [9.17, 15) is 0 Å². The average Bonchev–Trinajstić information content (AvgIpc) is 1.39. The summed E-state index contributed by atoms with van der Waals surface area (Å²) in [6.45, 7) is -0.500. The van der Waals surface area contributed by atoms with Crippen molar-refractivity contribution in [1.82, 2.24) is 6.15 Å². The van der Waals surface area contributed by atoms with Crippen LogP contribution in [0.15, 0.2) is 0 Å². The van der Waals surface area contributed by atoms with E-state index in [1.54, 1.807) is 0 Å². The minimum atomic E-state index is -0.250. The standard InChI is InChI=1S/2CH2O2.Ca.K.H3N.3H/c2*2-1-3;;;;;;/h2*1H,(H,2,3);;;1H3;;;/q;;+2;+1;;3*-1. The summed E-state index contributed by atoms with van der Waals surface area (Å²) >= 11 is 0. The second-order valence-electron chi connectivity index (χ2n) is 0.211. The van der Waals surface area contributed by atoms with Crippen LogP contribution in [-0.2, 0) is 9.59 Å². The Morgan fingerprint density at radius 1 is 1.11 bits per heavy atom. The summed E-state index contributed by atoms with van der Waals surface area (Å²) in [5, 5.41) is 13.8. The number of hydrogen-bond donors (Lipinski definition) is 3. The number of hydrogen-bond acceptors (Lipinski definition) is 3. The maximum atomic E-state index is 8.36. The third-order valence-electron chi connectivity index (χ3n) is 0. The van der Waals surface area contributed by atoms with Crippen molar-refractivity contribution in [1.29, 1.82) is 0 Å². The second-order valence-corrected chi connectivity index (χ2v) is 0.211. The Kier molecular flexibility index (Phi) is 180. The van der Waals surface area contributed by atoms with Gasteiger partial charge in [-0.05, 0) is 0 Å². The smallest absolute Gasteiger partial charge is 1.00 e. The molecular weight excluding hydrogens is 181 g/mol. The summed E-state index contributed by atoms with van der Waals surface area (Å²) < 4.78 is 0. The molecule has 0 rings (SSSR count). The van der Waals surface area contributed by atoms with Crippen LogP contribution in [0.25, 0.3) is 0 Å². The van der Waals surface area contributed by atoms with Gasteiger partial charge < -0.3 is 20.6 Å². The summed E-state index contributed by atoms with van der Waals surface area (Å²) in [6, 6.07) is 0. The van der Waals surface area contributed by atoms with Crippen LogP contribution in [0.1, 0.15) is 4.28 Å². The van der Waals surface area contributed by atoms with Crippen LogP contribution < -0.4 is 57.5 Å². The van der Waals surface area contributed by atoms with Crippen molar-refractivity contribution < 1.29 is 75.5 Å². The van der Waals surface area contributed by atoms with Gasteiger partial charge in [-0.15, -0.1) is 0 Å². The molecule has 0 aromatic carbocycles. The van der Waals surface area contributed by atoms with E-state index in [0.717, 1.165) is 0 Å². The molecule has 0 heterocycles. The molecule has 0 saturated heterocycles. The van der Waals surface area contributed by atoms with Crippen molar-refractivity contribution in [2.45, 2.75) is 0 Å². The van der Waals surface area contributed by atoms with E-state index in [-0.39, 0.29) is 112 Å². The first-order valence-corrected chi connectivity index (χ1v) is 0.988. The van der Waals surface area contributed by atoms with Crippen LogP contribution in [0.5, 0.6) is 0 Å². The molecule has 9 heavy (non-hydrogen) atoms. The van der Waals surface area contributed by atoms with Gasteiger partial charge in [-0.3, -0.25) is 9.59 Å². The zero-order chi connectivity index (χ0) is 5.41. The van der Waals surface area contributed by atoms with Crippen molar-refractivity contribution in [2.75, 3.05) is 0 Å². The molecule has 0 aliphatic heterocycles. The zero-order valence-corrected chi connectivity index (χ0v) is 10.6. The summed E-state index contributed by atoms with van der Waals surface area (Å²) in [7, 11) is 0. The first-order valence-electron chi connectivity index (χ1n) is 0.988. The van der Waals surface area contributed by atoms with Gasteiger partial charge >= 0.3 is 89.1 Å². The number of carboxylic acid groups (broad SMARTS) is 2. The molecule has 50 valence electrons. The summed E-state index contributed by atoms with van der Waals surface area (Å²) in [5.41, 5.74) is 0. The Labute approximate surface area is 130 Å². The minimum Gasteiger partial charge on any atom is -1.00 e. The molecule has 0 aliphatic carbocycles. The Morgan fingerprint density at radius 3 is 1.11 bits per heavy atom. The second kappa shape index (κ2) is 52.6. The fourth-order valence-corrected chi connectivity index (χ4v) is 0. The monoisotopic (exact) mass is 191 g/mol. The quantitative estimate of drug-likeness (QED) is 0.272. The van der Waals surface area contributed by atoms with Crippen LogP contribution in [-0.4, -0.2) is 60.9 Å². The SMILES string of the molecule is N.O=CO.O=CO.[Ca+2].[H-].[H-].[H-].[K+]. The van der Waals surface area contributed by atoms with E-state index in [0.29, 0.717) is 0 Å². The largest absolute Gasteiger partial charge is 2.00 e. The van der Waals surface area contributed by atoms with E-state index in [1.807, 2.05) is 0 Å². The van der Waals surface area contributed by atoms with Gasteiger partial charge in [-0.25, -0.2) is 0 Å². The average molecular weight is 191 g/mol. The van der Waals surface area contributed by atoms with Gasteiger partial charge in [0.05, 0.1) is 0 Å². The van der Waals surface area contributed by atoms with Gasteiger partial charge in [0, 0.05) is 0 Å². The number of rotatable bonds is 0. The van der Waals surface area contributed by atoms with Gasteiger partial charge in [-0.1, -0.05) is 0 Å². The van der Waals surface area contributed by atoms with Gasteiger partial charge in [0.25, 0.3) is 12.9 Å².